The summed E-state index contributed by atoms with van der Waals surface area (Å²) in [6.45, 7) is 6.17. The van der Waals surface area contributed by atoms with Crippen molar-refractivity contribution in [2.45, 2.75) is 11.9 Å². The average Bonchev–Trinajstić information content (AvgIpc) is 2.30. The highest BCUT2D eigenvalue weighted by Crippen LogP contribution is 2.15. The minimum absolute atomic E-state index is 0.574. The van der Waals surface area contributed by atoms with Gasteiger partial charge in [0, 0.05) is 11.8 Å². The molecule has 1 aromatic rings. The van der Waals surface area contributed by atoms with Crippen LogP contribution in [0.4, 0.5) is 0 Å². The third kappa shape index (κ3) is 7.25. The predicted octanol–water partition coefficient (Wildman–Crippen LogP) is 1.99. The van der Waals surface area contributed by atoms with Gasteiger partial charge in [0.05, 0.1) is 6.61 Å². The molecule has 0 aliphatic heterocycles. The molecule has 0 spiro atoms. The third-order valence-electron chi connectivity index (χ3n) is 1.26. The maximum absolute atomic E-state index is 5.16. The number of rotatable bonds is 5. The van der Waals surface area contributed by atoms with Crippen LogP contribution in [0, 0.1) is 0 Å². The van der Waals surface area contributed by atoms with Crippen molar-refractivity contribution in [3.8, 4) is 5.88 Å². The van der Waals surface area contributed by atoms with Crippen LogP contribution in [0.25, 0.3) is 0 Å². The standard InChI is InChI=1S/C9H12N2OS.C2H7N/c1-3-7-13-9-6-5-8(10-11-9)12-4-2;1-3-2/h3,5-6H,1,4,7H2,2H3;3H,1-2H3. The number of thioether (sulfide) groups is 1. The van der Waals surface area contributed by atoms with Crippen LogP contribution in [0.15, 0.2) is 29.8 Å². The summed E-state index contributed by atoms with van der Waals surface area (Å²) in [5, 5.41) is 11.5. The lowest BCUT2D eigenvalue weighted by Crippen LogP contribution is -1.96. The topological polar surface area (TPSA) is 47.0 Å². The number of ether oxygens (including phenoxy) is 1. The Labute approximate surface area is 101 Å². The highest BCUT2D eigenvalue weighted by Gasteiger charge is 1.96. The van der Waals surface area contributed by atoms with Crippen molar-refractivity contribution in [3.05, 3.63) is 24.8 Å². The first-order valence-electron chi connectivity index (χ1n) is 5.07. The molecule has 0 fully saturated rings. The van der Waals surface area contributed by atoms with Crippen LogP contribution in [0.2, 0.25) is 0 Å². The van der Waals surface area contributed by atoms with Crippen LogP contribution >= 0.6 is 11.8 Å². The van der Waals surface area contributed by atoms with Crippen molar-refractivity contribution < 1.29 is 4.74 Å². The summed E-state index contributed by atoms with van der Waals surface area (Å²) >= 11 is 1.60. The van der Waals surface area contributed by atoms with Gasteiger partial charge in [0.25, 0.3) is 0 Å². The lowest BCUT2D eigenvalue weighted by molar-refractivity contribution is 0.321. The Kier molecular flexibility index (Phi) is 9.75. The van der Waals surface area contributed by atoms with Crippen LogP contribution in [0.1, 0.15) is 6.92 Å². The highest BCUT2D eigenvalue weighted by atomic mass is 32.2. The van der Waals surface area contributed by atoms with Crippen molar-refractivity contribution >= 4 is 11.8 Å². The van der Waals surface area contributed by atoms with E-state index in [-0.39, 0.29) is 0 Å². The highest BCUT2D eigenvalue weighted by molar-refractivity contribution is 7.99. The van der Waals surface area contributed by atoms with E-state index in [0.29, 0.717) is 12.5 Å². The largest absolute Gasteiger partial charge is 0.477 e. The average molecular weight is 241 g/mol. The molecular weight excluding hydrogens is 222 g/mol. The summed E-state index contributed by atoms with van der Waals surface area (Å²) in [6.07, 6.45) is 1.84. The van der Waals surface area contributed by atoms with Crippen molar-refractivity contribution in [1.29, 1.82) is 0 Å². The summed E-state index contributed by atoms with van der Waals surface area (Å²) in [7, 11) is 3.75. The summed E-state index contributed by atoms with van der Waals surface area (Å²) in [4.78, 5) is 0. The van der Waals surface area contributed by atoms with E-state index in [0.717, 1.165) is 10.8 Å². The number of hydrogen-bond acceptors (Lipinski definition) is 5. The van der Waals surface area contributed by atoms with E-state index in [1.165, 1.54) is 0 Å². The molecule has 1 aromatic heterocycles. The summed E-state index contributed by atoms with van der Waals surface area (Å²) in [6, 6.07) is 3.72. The summed E-state index contributed by atoms with van der Waals surface area (Å²) in [5.41, 5.74) is 0. The molecular formula is C11H19N3OS. The van der Waals surface area contributed by atoms with Gasteiger partial charge in [-0.2, -0.15) is 0 Å². The van der Waals surface area contributed by atoms with Crippen molar-refractivity contribution in [2.24, 2.45) is 0 Å². The van der Waals surface area contributed by atoms with E-state index in [1.807, 2.05) is 39.2 Å². The molecule has 1 rings (SSSR count). The van der Waals surface area contributed by atoms with E-state index < -0.39 is 0 Å². The molecule has 0 amide bonds. The fourth-order valence-electron chi connectivity index (χ4n) is 0.754. The zero-order valence-corrected chi connectivity index (χ0v) is 10.9. The maximum Gasteiger partial charge on any atom is 0.233 e. The van der Waals surface area contributed by atoms with Gasteiger partial charge < -0.3 is 10.1 Å². The van der Waals surface area contributed by atoms with Crippen LogP contribution < -0.4 is 10.1 Å². The van der Waals surface area contributed by atoms with Crippen LogP contribution in [0.5, 0.6) is 5.88 Å². The molecule has 0 aliphatic rings. The molecule has 16 heavy (non-hydrogen) atoms. The molecule has 90 valence electrons. The maximum atomic E-state index is 5.16. The number of nitrogens with one attached hydrogen (secondary N) is 1. The monoisotopic (exact) mass is 241 g/mol. The van der Waals surface area contributed by atoms with Gasteiger partial charge in [-0.15, -0.1) is 28.5 Å². The molecule has 1 N–H and O–H groups in total. The van der Waals surface area contributed by atoms with E-state index in [4.69, 9.17) is 4.74 Å². The molecule has 0 radical (unpaired) electrons. The number of nitrogens with zero attached hydrogens (tertiary/aromatic N) is 2. The van der Waals surface area contributed by atoms with Crippen LogP contribution in [-0.2, 0) is 0 Å². The Morgan fingerprint density at radius 3 is 2.56 bits per heavy atom. The molecule has 5 heteroatoms. The quantitative estimate of drug-likeness (QED) is 0.631. The molecule has 4 nitrogen and oxygen atoms in total. The second-order valence-electron chi connectivity index (χ2n) is 2.74. The van der Waals surface area contributed by atoms with Gasteiger partial charge in [-0.05, 0) is 27.1 Å². The first kappa shape index (κ1) is 14.9. The van der Waals surface area contributed by atoms with Crippen molar-refractivity contribution in [1.82, 2.24) is 15.5 Å². The smallest absolute Gasteiger partial charge is 0.233 e. The van der Waals surface area contributed by atoms with E-state index >= 15 is 0 Å². The fourth-order valence-corrected chi connectivity index (χ4v) is 1.31. The molecule has 0 saturated heterocycles. The second-order valence-corrected chi connectivity index (χ2v) is 3.78. The lowest BCUT2D eigenvalue weighted by atomic mass is 10.6. The number of hydrogen-bond donors (Lipinski definition) is 1. The second kappa shape index (κ2) is 10.4. The van der Waals surface area contributed by atoms with E-state index in [9.17, 15) is 0 Å². The zero-order valence-electron chi connectivity index (χ0n) is 10.1. The Hall–Kier alpha value is -1.07. The Bertz CT molecular complexity index is 277. The first-order valence-corrected chi connectivity index (χ1v) is 6.05. The molecule has 0 bridgehead atoms. The van der Waals surface area contributed by atoms with Crippen LogP contribution in [-0.4, -0.2) is 36.7 Å². The molecule has 0 aromatic carbocycles. The van der Waals surface area contributed by atoms with Gasteiger partial charge in [-0.25, -0.2) is 0 Å². The minimum atomic E-state index is 0.574. The van der Waals surface area contributed by atoms with Gasteiger partial charge in [0.1, 0.15) is 5.03 Å². The van der Waals surface area contributed by atoms with Gasteiger partial charge in [-0.1, -0.05) is 6.08 Å². The molecule has 1 heterocycles. The summed E-state index contributed by atoms with van der Waals surface area (Å²) < 4.78 is 5.16. The minimum Gasteiger partial charge on any atom is -0.477 e. The Morgan fingerprint density at radius 2 is 2.12 bits per heavy atom. The molecule has 0 atom stereocenters. The van der Waals surface area contributed by atoms with Crippen molar-refractivity contribution in [3.63, 3.8) is 0 Å². The third-order valence-corrected chi connectivity index (χ3v) is 2.17. The normalized spacial score (nSPS) is 8.94. The van der Waals surface area contributed by atoms with E-state index in [1.54, 1.807) is 11.8 Å². The van der Waals surface area contributed by atoms with Gasteiger partial charge in [0.15, 0.2) is 0 Å². The van der Waals surface area contributed by atoms with Gasteiger partial charge in [0.2, 0.25) is 5.88 Å². The molecule has 0 aliphatic carbocycles. The summed E-state index contributed by atoms with van der Waals surface area (Å²) in [5.74, 6) is 1.42. The molecule has 0 unspecified atom stereocenters. The molecule has 0 saturated carbocycles. The fraction of sp³-hybridized carbons (Fsp3) is 0.455. The van der Waals surface area contributed by atoms with Crippen LogP contribution in [0.3, 0.4) is 0 Å². The van der Waals surface area contributed by atoms with Gasteiger partial charge in [-0.3, -0.25) is 0 Å². The Balaban J connectivity index is 0.000000673. The lowest BCUT2D eigenvalue weighted by Gasteiger charge is -2.00. The first-order chi connectivity index (χ1) is 7.78. The van der Waals surface area contributed by atoms with E-state index in [2.05, 4.69) is 22.1 Å². The predicted molar refractivity (Wildman–Crippen MR) is 69.1 cm³/mol. The number of aromatic nitrogens is 2. The zero-order chi connectivity index (χ0) is 12.2. The van der Waals surface area contributed by atoms with Gasteiger partial charge >= 0.3 is 0 Å². The SMILES string of the molecule is C=CCSc1ccc(OCC)nn1.CNC. The Morgan fingerprint density at radius 1 is 1.44 bits per heavy atom. The van der Waals surface area contributed by atoms with Crippen molar-refractivity contribution in [2.75, 3.05) is 26.5 Å².